The van der Waals surface area contributed by atoms with Gasteiger partial charge in [-0.1, -0.05) is 26.8 Å². The lowest BCUT2D eigenvalue weighted by Gasteiger charge is -2.57. The van der Waals surface area contributed by atoms with Crippen molar-refractivity contribution in [2.45, 2.75) is 46.1 Å². The number of rotatable bonds is 0. The van der Waals surface area contributed by atoms with Gasteiger partial charge in [0, 0.05) is 16.9 Å². The molecule has 18 heavy (non-hydrogen) atoms. The monoisotopic (exact) mass is 250 g/mol. The average Bonchev–Trinajstić information content (AvgIpc) is 2.68. The maximum Gasteiger partial charge on any atom is 0.334 e. The number of ether oxygens (including phenoxy) is 1. The molecule has 0 spiro atoms. The molecule has 1 saturated heterocycles. The second-order valence-electron chi connectivity index (χ2n) is 7.01. The van der Waals surface area contributed by atoms with E-state index in [4.69, 9.17) is 4.74 Å². The Kier molecular flexibility index (Phi) is 2.44. The highest BCUT2D eigenvalue weighted by atomic mass is 16.5. The van der Waals surface area contributed by atoms with Crippen LogP contribution in [0.2, 0.25) is 0 Å². The van der Waals surface area contributed by atoms with Crippen LogP contribution >= 0.6 is 0 Å². The van der Waals surface area contributed by atoms with E-state index in [-0.39, 0.29) is 28.8 Å². The number of hydrogen-bond acceptors (Lipinski definition) is 3. The van der Waals surface area contributed by atoms with Crippen LogP contribution in [0.3, 0.4) is 0 Å². The molecular formula is C15H22O3. The Morgan fingerprint density at radius 3 is 2.83 bits per heavy atom. The molecule has 4 atom stereocenters. The summed E-state index contributed by atoms with van der Waals surface area (Å²) in [5.74, 6) is 0.338. The summed E-state index contributed by atoms with van der Waals surface area (Å²) in [6.07, 6.45) is 4.52. The Hall–Kier alpha value is -0.830. The maximum absolute atomic E-state index is 11.7. The van der Waals surface area contributed by atoms with Crippen LogP contribution in [0.25, 0.3) is 0 Å². The van der Waals surface area contributed by atoms with Gasteiger partial charge >= 0.3 is 5.97 Å². The second-order valence-corrected chi connectivity index (χ2v) is 7.01. The largest absolute Gasteiger partial charge is 0.462 e. The van der Waals surface area contributed by atoms with E-state index in [1.807, 2.05) is 0 Å². The molecule has 0 aromatic rings. The molecule has 1 N–H and O–H groups in total. The van der Waals surface area contributed by atoms with Crippen LogP contribution in [0, 0.1) is 22.7 Å². The minimum absolute atomic E-state index is 0.0818. The van der Waals surface area contributed by atoms with Gasteiger partial charge in [0.1, 0.15) is 0 Å². The Balaban J connectivity index is 2.08. The number of esters is 1. The second kappa shape index (κ2) is 3.60. The molecule has 1 saturated carbocycles. The molecule has 100 valence electrons. The fourth-order valence-corrected chi connectivity index (χ4v) is 4.58. The number of aliphatic hydroxyl groups excluding tert-OH is 1. The van der Waals surface area contributed by atoms with E-state index in [1.165, 1.54) is 0 Å². The first-order valence-electron chi connectivity index (χ1n) is 6.92. The smallest absolute Gasteiger partial charge is 0.334 e. The molecule has 0 aromatic carbocycles. The predicted octanol–water partition coefficient (Wildman–Crippen LogP) is 2.29. The third-order valence-electron chi connectivity index (χ3n) is 5.79. The summed E-state index contributed by atoms with van der Waals surface area (Å²) >= 11 is 0. The fourth-order valence-electron chi connectivity index (χ4n) is 4.58. The number of carbonyl (C=O) groups excluding carboxylic acids is 1. The molecule has 1 aliphatic heterocycles. The molecule has 1 heterocycles. The van der Waals surface area contributed by atoms with Crippen LogP contribution in [0.1, 0.15) is 40.0 Å². The molecule has 4 unspecified atom stereocenters. The van der Waals surface area contributed by atoms with Crippen LogP contribution in [-0.4, -0.2) is 23.8 Å². The standard InChI is InChI=1S/C15H22O3/c1-14(2)7-6-12(16)15(3)10-8-18-13(17)9(10)4-5-11(14)15/h4,10-12,16H,5-8H2,1-3H3. The highest BCUT2D eigenvalue weighted by molar-refractivity contribution is 5.91. The average molecular weight is 250 g/mol. The zero-order chi connectivity index (χ0) is 13.1. The van der Waals surface area contributed by atoms with Crippen molar-refractivity contribution >= 4 is 5.97 Å². The van der Waals surface area contributed by atoms with Crippen LogP contribution in [-0.2, 0) is 9.53 Å². The van der Waals surface area contributed by atoms with Crippen LogP contribution in [0.15, 0.2) is 11.6 Å². The first-order valence-corrected chi connectivity index (χ1v) is 6.92. The Labute approximate surface area is 108 Å². The van der Waals surface area contributed by atoms with Gasteiger partial charge in [0.05, 0.1) is 12.7 Å². The summed E-state index contributed by atoms with van der Waals surface area (Å²) < 4.78 is 5.21. The van der Waals surface area contributed by atoms with Gasteiger partial charge in [-0.15, -0.1) is 0 Å². The summed E-state index contributed by atoms with van der Waals surface area (Å²) in [6, 6.07) is 0. The SMILES string of the molecule is CC1(C)CCC(O)C2(C)C3COC(=O)C3=CCC12. The van der Waals surface area contributed by atoms with Crippen molar-refractivity contribution in [2.24, 2.45) is 22.7 Å². The Morgan fingerprint density at radius 2 is 2.11 bits per heavy atom. The van der Waals surface area contributed by atoms with E-state index < -0.39 is 0 Å². The number of allylic oxidation sites excluding steroid dienone is 1. The van der Waals surface area contributed by atoms with Gasteiger partial charge in [0.2, 0.25) is 0 Å². The van der Waals surface area contributed by atoms with E-state index >= 15 is 0 Å². The zero-order valence-electron chi connectivity index (χ0n) is 11.4. The molecule has 3 heteroatoms. The van der Waals surface area contributed by atoms with Crippen molar-refractivity contribution in [3.63, 3.8) is 0 Å². The van der Waals surface area contributed by atoms with Crippen molar-refractivity contribution in [2.75, 3.05) is 6.61 Å². The van der Waals surface area contributed by atoms with E-state index in [2.05, 4.69) is 26.8 Å². The quantitative estimate of drug-likeness (QED) is 0.671. The van der Waals surface area contributed by atoms with Crippen molar-refractivity contribution in [3.8, 4) is 0 Å². The molecule has 2 fully saturated rings. The summed E-state index contributed by atoms with van der Waals surface area (Å²) in [5, 5.41) is 10.5. The van der Waals surface area contributed by atoms with Gasteiger partial charge in [-0.3, -0.25) is 0 Å². The van der Waals surface area contributed by atoms with E-state index in [0.29, 0.717) is 12.5 Å². The van der Waals surface area contributed by atoms with E-state index in [1.54, 1.807) is 0 Å². The Morgan fingerprint density at radius 1 is 1.39 bits per heavy atom. The molecule has 2 aliphatic carbocycles. The molecule has 0 amide bonds. The number of fused-ring (bicyclic) bond motifs is 3. The van der Waals surface area contributed by atoms with Crippen molar-refractivity contribution in [3.05, 3.63) is 11.6 Å². The van der Waals surface area contributed by atoms with Crippen molar-refractivity contribution < 1.29 is 14.6 Å². The lowest BCUT2D eigenvalue weighted by Crippen LogP contribution is -2.56. The third-order valence-corrected chi connectivity index (χ3v) is 5.79. The molecule has 3 aliphatic rings. The number of cyclic esters (lactones) is 1. The number of hydrogen-bond donors (Lipinski definition) is 1. The summed E-state index contributed by atoms with van der Waals surface area (Å²) in [7, 11) is 0. The van der Waals surface area contributed by atoms with Gasteiger partial charge in [-0.25, -0.2) is 4.79 Å². The number of aliphatic hydroxyl groups is 1. The molecule has 0 bridgehead atoms. The predicted molar refractivity (Wildman–Crippen MR) is 67.8 cm³/mol. The van der Waals surface area contributed by atoms with Crippen LogP contribution in [0.5, 0.6) is 0 Å². The topological polar surface area (TPSA) is 46.5 Å². The van der Waals surface area contributed by atoms with Crippen molar-refractivity contribution in [1.82, 2.24) is 0 Å². The molecular weight excluding hydrogens is 228 g/mol. The van der Waals surface area contributed by atoms with Gasteiger partial charge in [0.25, 0.3) is 0 Å². The minimum atomic E-state index is -0.321. The maximum atomic E-state index is 11.7. The van der Waals surface area contributed by atoms with Gasteiger partial charge < -0.3 is 9.84 Å². The summed E-state index contributed by atoms with van der Waals surface area (Å²) in [4.78, 5) is 11.7. The van der Waals surface area contributed by atoms with Crippen LogP contribution in [0.4, 0.5) is 0 Å². The number of carbonyl (C=O) groups is 1. The van der Waals surface area contributed by atoms with Crippen molar-refractivity contribution in [1.29, 1.82) is 0 Å². The minimum Gasteiger partial charge on any atom is -0.462 e. The highest BCUT2D eigenvalue weighted by Crippen LogP contribution is 2.60. The van der Waals surface area contributed by atoms with Gasteiger partial charge in [0.15, 0.2) is 0 Å². The van der Waals surface area contributed by atoms with E-state index in [0.717, 1.165) is 24.8 Å². The Bertz CT molecular complexity index is 423. The summed E-state index contributed by atoms with van der Waals surface area (Å²) in [5.41, 5.74) is 0.824. The highest BCUT2D eigenvalue weighted by Gasteiger charge is 2.59. The first-order chi connectivity index (χ1) is 8.37. The van der Waals surface area contributed by atoms with E-state index in [9.17, 15) is 9.90 Å². The lowest BCUT2D eigenvalue weighted by atomic mass is 9.48. The molecule has 0 aromatic heterocycles. The molecule has 3 nitrogen and oxygen atoms in total. The third kappa shape index (κ3) is 1.37. The molecule has 3 rings (SSSR count). The first kappa shape index (κ1) is 12.2. The fraction of sp³-hybridized carbons (Fsp3) is 0.800. The van der Waals surface area contributed by atoms with Crippen LogP contribution < -0.4 is 0 Å². The normalized spacial score (nSPS) is 45.9. The van der Waals surface area contributed by atoms with Gasteiger partial charge in [-0.2, -0.15) is 0 Å². The van der Waals surface area contributed by atoms with Gasteiger partial charge in [-0.05, 0) is 30.6 Å². The summed E-state index contributed by atoms with van der Waals surface area (Å²) in [6.45, 7) is 7.18. The molecule has 0 radical (unpaired) electrons. The zero-order valence-corrected chi connectivity index (χ0v) is 11.4. The lowest BCUT2D eigenvalue weighted by molar-refractivity contribution is -0.136.